The van der Waals surface area contributed by atoms with Gasteiger partial charge in [-0.3, -0.25) is 13.9 Å². The van der Waals surface area contributed by atoms with Gasteiger partial charge >= 0.3 is 0 Å². The molecule has 0 saturated carbocycles. The molecule has 0 heterocycles. The van der Waals surface area contributed by atoms with Crippen LogP contribution >= 0.6 is 11.6 Å². The summed E-state index contributed by atoms with van der Waals surface area (Å²) in [7, 11) is -4.19. The molecular formula is C35H38ClN3O4S. The van der Waals surface area contributed by atoms with Crippen molar-refractivity contribution in [1.29, 1.82) is 0 Å². The first kappa shape index (κ1) is 32.8. The number of hydrogen-bond donors (Lipinski definition) is 1. The monoisotopic (exact) mass is 631 g/mol. The van der Waals surface area contributed by atoms with Crippen molar-refractivity contribution in [3.63, 3.8) is 0 Å². The maximum Gasteiger partial charge on any atom is 0.264 e. The van der Waals surface area contributed by atoms with Crippen LogP contribution in [0.25, 0.3) is 0 Å². The largest absolute Gasteiger partial charge is 0.354 e. The third-order valence-corrected chi connectivity index (χ3v) is 9.16. The Bertz CT molecular complexity index is 1650. The van der Waals surface area contributed by atoms with E-state index in [1.54, 1.807) is 18.2 Å². The van der Waals surface area contributed by atoms with Crippen molar-refractivity contribution in [2.45, 2.75) is 44.7 Å². The molecule has 0 aliphatic carbocycles. The lowest BCUT2D eigenvalue weighted by atomic mass is 10.0. The van der Waals surface area contributed by atoms with E-state index in [0.29, 0.717) is 17.3 Å². The van der Waals surface area contributed by atoms with Crippen molar-refractivity contribution in [3.05, 3.63) is 131 Å². The van der Waals surface area contributed by atoms with E-state index in [4.69, 9.17) is 11.6 Å². The molecule has 0 aliphatic rings. The van der Waals surface area contributed by atoms with Crippen LogP contribution in [-0.2, 0) is 32.6 Å². The Morgan fingerprint density at radius 2 is 1.43 bits per heavy atom. The minimum absolute atomic E-state index is 0.00123. The topological polar surface area (TPSA) is 86.8 Å². The van der Waals surface area contributed by atoms with Gasteiger partial charge in [0, 0.05) is 24.5 Å². The van der Waals surface area contributed by atoms with E-state index < -0.39 is 28.5 Å². The van der Waals surface area contributed by atoms with Gasteiger partial charge in [-0.15, -0.1) is 0 Å². The number of hydrogen-bond acceptors (Lipinski definition) is 4. The number of benzene rings is 4. The zero-order chi connectivity index (χ0) is 31.7. The van der Waals surface area contributed by atoms with E-state index in [0.717, 1.165) is 21.0 Å². The van der Waals surface area contributed by atoms with E-state index in [1.165, 1.54) is 29.2 Å². The highest BCUT2D eigenvalue weighted by Gasteiger charge is 2.34. The second kappa shape index (κ2) is 15.0. The van der Waals surface area contributed by atoms with Gasteiger partial charge in [-0.2, -0.15) is 0 Å². The van der Waals surface area contributed by atoms with Crippen molar-refractivity contribution in [2.75, 3.05) is 17.4 Å². The quantitative estimate of drug-likeness (QED) is 0.189. The number of rotatable bonds is 13. The molecule has 0 fully saturated rings. The van der Waals surface area contributed by atoms with Crippen LogP contribution in [0.2, 0.25) is 5.02 Å². The molecule has 44 heavy (non-hydrogen) atoms. The van der Waals surface area contributed by atoms with Gasteiger partial charge in [0.05, 0.1) is 10.6 Å². The van der Waals surface area contributed by atoms with Gasteiger partial charge in [0.1, 0.15) is 12.6 Å². The molecule has 0 spiro atoms. The summed E-state index contributed by atoms with van der Waals surface area (Å²) >= 11 is 6.05. The summed E-state index contributed by atoms with van der Waals surface area (Å²) in [6, 6.07) is 30.8. The molecule has 230 valence electrons. The minimum Gasteiger partial charge on any atom is -0.354 e. The summed E-state index contributed by atoms with van der Waals surface area (Å²) in [4.78, 5) is 29.7. The van der Waals surface area contributed by atoms with Crippen LogP contribution in [-0.4, -0.2) is 44.3 Å². The second-order valence-corrected chi connectivity index (χ2v) is 13.5. The van der Waals surface area contributed by atoms with Crippen molar-refractivity contribution in [2.24, 2.45) is 5.92 Å². The number of carbonyl (C=O) groups excluding carboxylic acids is 2. The van der Waals surface area contributed by atoms with Crippen LogP contribution in [0.1, 0.15) is 30.5 Å². The Balaban J connectivity index is 1.78. The minimum atomic E-state index is -4.19. The molecule has 2 amide bonds. The number of nitrogens with one attached hydrogen (secondary N) is 1. The maximum atomic E-state index is 14.4. The molecule has 0 saturated heterocycles. The molecule has 1 N–H and O–H groups in total. The van der Waals surface area contributed by atoms with Gasteiger partial charge in [-0.05, 0) is 65.9 Å². The Hall–Kier alpha value is -4.14. The molecule has 4 rings (SSSR count). The number of sulfonamides is 1. The Morgan fingerprint density at radius 1 is 0.818 bits per heavy atom. The molecule has 7 nitrogen and oxygen atoms in total. The van der Waals surface area contributed by atoms with Crippen LogP contribution in [0.15, 0.2) is 114 Å². The Labute approximate surface area is 265 Å². The van der Waals surface area contributed by atoms with Gasteiger partial charge in [-0.1, -0.05) is 98.2 Å². The van der Waals surface area contributed by atoms with Crippen molar-refractivity contribution >= 4 is 39.1 Å². The number of amides is 2. The van der Waals surface area contributed by atoms with E-state index in [2.05, 4.69) is 5.32 Å². The molecule has 4 aromatic rings. The summed E-state index contributed by atoms with van der Waals surface area (Å²) in [6.07, 6.45) is 0.262. The highest BCUT2D eigenvalue weighted by Crippen LogP contribution is 2.26. The Morgan fingerprint density at radius 3 is 2.02 bits per heavy atom. The zero-order valence-electron chi connectivity index (χ0n) is 25.2. The molecule has 0 aliphatic heterocycles. The number of anilines is 1. The summed E-state index contributed by atoms with van der Waals surface area (Å²) in [6.45, 7) is 5.91. The van der Waals surface area contributed by atoms with Gasteiger partial charge in [0.15, 0.2) is 0 Å². The first-order valence-corrected chi connectivity index (χ1v) is 16.4. The van der Waals surface area contributed by atoms with Crippen molar-refractivity contribution in [3.8, 4) is 0 Å². The molecule has 0 aromatic heterocycles. The van der Waals surface area contributed by atoms with Crippen LogP contribution in [0, 0.1) is 12.8 Å². The highest BCUT2D eigenvalue weighted by molar-refractivity contribution is 7.92. The average Bonchev–Trinajstić information content (AvgIpc) is 3.01. The summed E-state index contributed by atoms with van der Waals surface area (Å²) < 4.78 is 29.3. The predicted octanol–water partition coefficient (Wildman–Crippen LogP) is 6.26. The predicted molar refractivity (Wildman–Crippen MR) is 176 cm³/mol. The lowest BCUT2D eigenvalue weighted by Gasteiger charge is -2.34. The molecule has 1 atom stereocenters. The molecule has 0 bridgehead atoms. The molecular weight excluding hydrogens is 594 g/mol. The van der Waals surface area contributed by atoms with Gasteiger partial charge < -0.3 is 10.2 Å². The normalized spacial score (nSPS) is 12.0. The molecule has 9 heteroatoms. The third kappa shape index (κ3) is 8.71. The fourth-order valence-electron chi connectivity index (χ4n) is 4.80. The third-order valence-electron chi connectivity index (χ3n) is 7.12. The van der Waals surface area contributed by atoms with Gasteiger partial charge in [0.2, 0.25) is 11.8 Å². The molecule has 0 radical (unpaired) electrons. The van der Waals surface area contributed by atoms with E-state index in [9.17, 15) is 18.0 Å². The number of aryl methyl sites for hydroxylation is 1. The van der Waals surface area contributed by atoms with Crippen LogP contribution in [0.5, 0.6) is 0 Å². The first-order valence-electron chi connectivity index (χ1n) is 14.5. The lowest BCUT2D eigenvalue weighted by molar-refractivity contribution is -0.140. The summed E-state index contributed by atoms with van der Waals surface area (Å²) in [5.41, 5.74) is 2.88. The smallest absolute Gasteiger partial charge is 0.264 e. The maximum absolute atomic E-state index is 14.4. The standard InChI is InChI=1S/C35H38ClN3O4S/c1-26(2)23-37-35(41)33(22-28-12-6-4-7-13-28)38(24-29-14-8-5-9-15-29)34(40)25-39(31-16-10-11-27(3)21-31)44(42,43)32-19-17-30(36)18-20-32/h4-21,26,33H,22-25H2,1-3H3,(H,37,41)/t33-/m0/s1. The average molecular weight is 632 g/mol. The van der Waals surface area contributed by atoms with Gasteiger partial charge in [-0.25, -0.2) is 8.42 Å². The number of halogens is 1. The molecule has 4 aromatic carbocycles. The van der Waals surface area contributed by atoms with Crippen LogP contribution in [0.3, 0.4) is 0 Å². The van der Waals surface area contributed by atoms with E-state index in [1.807, 2.05) is 87.5 Å². The first-order chi connectivity index (χ1) is 21.0. The number of nitrogens with zero attached hydrogens (tertiary/aromatic N) is 2. The fourth-order valence-corrected chi connectivity index (χ4v) is 6.33. The van der Waals surface area contributed by atoms with Gasteiger partial charge in [0.25, 0.3) is 10.0 Å². The zero-order valence-corrected chi connectivity index (χ0v) is 26.8. The second-order valence-electron chi connectivity index (χ2n) is 11.2. The van der Waals surface area contributed by atoms with E-state index >= 15 is 0 Å². The lowest BCUT2D eigenvalue weighted by Crippen LogP contribution is -2.53. The van der Waals surface area contributed by atoms with Crippen molar-refractivity contribution < 1.29 is 18.0 Å². The SMILES string of the molecule is Cc1cccc(N(CC(=O)N(Cc2ccccc2)[C@@H](Cc2ccccc2)C(=O)NCC(C)C)S(=O)(=O)c2ccc(Cl)cc2)c1. The van der Waals surface area contributed by atoms with E-state index in [-0.39, 0.29) is 29.7 Å². The number of carbonyl (C=O) groups is 2. The Kier molecular flexibility index (Phi) is 11.2. The van der Waals surface area contributed by atoms with Crippen LogP contribution < -0.4 is 9.62 Å². The highest BCUT2D eigenvalue weighted by atomic mass is 35.5. The summed E-state index contributed by atoms with van der Waals surface area (Å²) in [5, 5.41) is 3.40. The van der Waals surface area contributed by atoms with Crippen molar-refractivity contribution in [1.82, 2.24) is 10.2 Å². The summed E-state index contributed by atoms with van der Waals surface area (Å²) in [5.74, 6) is -0.598. The fraction of sp³-hybridized carbons (Fsp3) is 0.257. The van der Waals surface area contributed by atoms with Crippen LogP contribution in [0.4, 0.5) is 5.69 Å². The molecule has 0 unspecified atom stereocenters.